The van der Waals surface area contributed by atoms with Gasteiger partial charge in [-0.1, -0.05) is 32.6 Å². The Bertz CT molecular complexity index is 542. The summed E-state index contributed by atoms with van der Waals surface area (Å²) in [5.74, 6) is 1.06. The highest BCUT2D eigenvalue weighted by atomic mass is 16.6. The molecule has 5 nitrogen and oxygen atoms in total. The second-order valence-electron chi connectivity index (χ2n) is 5.72. The van der Waals surface area contributed by atoms with Crippen LogP contribution in [-0.2, 0) is 4.79 Å². The van der Waals surface area contributed by atoms with E-state index >= 15 is 0 Å². The number of Topliss-reactive ketones (excluding diaryl/α,β-unsaturated/α-hetero) is 1. The van der Waals surface area contributed by atoms with Gasteiger partial charge in [0.1, 0.15) is 13.2 Å². The summed E-state index contributed by atoms with van der Waals surface area (Å²) in [6.45, 7) is 3.19. The molecule has 126 valence electrons. The lowest BCUT2D eigenvalue weighted by atomic mass is 10.1. The van der Waals surface area contributed by atoms with Gasteiger partial charge >= 0.3 is 0 Å². The molecule has 0 atom stereocenters. The van der Waals surface area contributed by atoms with Crippen LogP contribution in [-0.4, -0.2) is 31.4 Å². The lowest BCUT2D eigenvalue weighted by molar-refractivity contribution is -0.121. The van der Waals surface area contributed by atoms with Crippen molar-refractivity contribution in [3.8, 4) is 11.5 Å². The van der Waals surface area contributed by atoms with E-state index in [2.05, 4.69) is 12.2 Å². The van der Waals surface area contributed by atoms with Gasteiger partial charge in [-0.05, 0) is 24.6 Å². The van der Waals surface area contributed by atoms with Crippen molar-refractivity contribution in [2.45, 2.75) is 45.4 Å². The van der Waals surface area contributed by atoms with Crippen LogP contribution in [0.4, 0.5) is 0 Å². The normalized spacial score (nSPS) is 12.7. The number of amides is 1. The number of carbonyl (C=O) groups is 2. The van der Waals surface area contributed by atoms with E-state index in [1.54, 1.807) is 18.2 Å². The molecule has 1 aromatic carbocycles. The monoisotopic (exact) mass is 319 g/mol. The molecule has 0 fully saturated rings. The van der Waals surface area contributed by atoms with E-state index in [-0.39, 0.29) is 18.2 Å². The van der Waals surface area contributed by atoms with Crippen molar-refractivity contribution in [3.05, 3.63) is 23.8 Å². The van der Waals surface area contributed by atoms with Crippen LogP contribution in [0.3, 0.4) is 0 Å². The minimum atomic E-state index is -0.124. The average Bonchev–Trinajstić information content (AvgIpc) is 2.59. The molecule has 0 saturated carbocycles. The minimum Gasteiger partial charge on any atom is -0.486 e. The molecule has 1 amide bonds. The van der Waals surface area contributed by atoms with Crippen molar-refractivity contribution in [2.75, 3.05) is 19.8 Å². The third-order valence-corrected chi connectivity index (χ3v) is 3.82. The van der Waals surface area contributed by atoms with E-state index in [9.17, 15) is 9.59 Å². The first kappa shape index (κ1) is 17.3. The van der Waals surface area contributed by atoms with Crippen LogP contribution >= 0.6 is 0 Å². The van der Waals surface area contributed by atoms with Crippen LogP contribution in [0.1, 0.15) is 55.8 Å². The molecule has 0 radical (unpaired) electrons. The average molecular weight is 319 g/mol. The van der Waals surface area contributed by atoms with E-state index in [0.717, 1.165) is 12.8 Å². The molecule has 0 bridgehead atoms. The molecular formula is C18H25NO4. The van der Waals surface area contributed by atoms with Crippen molar-refractivity contribution in [2.24, 2.45) is 0 Å². The number of fused-ring (bicyclic) bond motifs is 1. The zero-order chi connectivity index (χ0) is 16.5. The van der Waals surface area contributed by atoms with Gasteiger partial charge in [-0.15, -0.1) is 0 Å². The van der Waals surface area contributed by atoms with Crippen LogP contribution < -0.4 is 14.8 Å². The maximum Gasteiger partial charge on any atom is 0.220 e. The number of hydrogen-bond acceptors (Lipinski definition) is 4. The molecule has 1 heterocycles. The first-order chi connectivity index (χ1) is 11.2. The summed E-state index contributed by atoms with van der Waals surface area (Å²) in [4.78, 5) is 23.9. The van der Waals surface area contributed by atoms with Gasteiger partial charge in [0, 0.05) is 12.0 Å². The maximum absolute atomic E-state index is 12.1. The fourth-order valence-electron chi connectivity index (χ4n) is 2.48. The van der Waals surface area contributed by atoms with Crippen molar-refractivity contribution in [1.29, 1.82) is 0 Å². The quantitative estimate of drug-likeness (QED) is 0.561. The number of hydrogen-bond donors (Lipinski definition) is 1. The summed E-state index contributed by atoms with van der Waals surface area (Å²) in [5, 5.41) is 2.69. The van der Waals surface area contributed by atoms with Gasteiger partial charge in [-0.3, -0.25) is 9.59 Å². The molecule has 1 N–H and O–H groups in total. The number of rotatable bonds is 9. The Morgan fingerprint density at radius 2 is 1.78 bits per heavy atom. The molecule has 0 saturated heterocycles. The Hall–Kier alpha value is -2.04. The lowest BCUT2D eigenvalue weighted by Crippen LogP contribution is -2.29. The van der Waals surface area contributed by atoms with Crippen LogP contribution in [0.15, 0.2) is 18.2 Å². The molecule has 1 aliphatic heterocycles. The summed E-state index contributed by atoms with van der Waals surface area (Å²) in [5.41, 5.74) is 0.525. The number of unbranched alkanes of at least 4 members (excludes halogenated alkanes) is 4. The molecule has 1 aliphatic rings. The zero-order valence-corrected chi connectivity index (χ0v) is 13.7. The van der Waals surface area contributed by atoms with E-state index < -0.39 is 0 Å². The van der Waals surface area contributed by atoms with Crippen molar-refractivity contribution in [3.63, 3.8) is 0 Å². The summed E-state index contributed by atoms with van der Waals surface area (Å²) in [6, 6.07) is 5.11. The number of ketones is 1. The Balaban J connectivity index is 1.73. The number of nitrogens with one attached hydrogen (secondary N) is 1. The zero-order valence-electron chi connectivity index (χ0n) is 13.7. The van der Waals surface area contributed by atoms with Crippen LogP contribution in [0.25, 0.3) is 0 Å². The Kier molecular flexibility index (Phi) is 6.91. The largest absolute Gasteiger partial charge is 0.486 e. The minimum absolute atomic E-state index is 0.0213. The van der Waals surface area contributed by atoms with E-state index in [0.29, 0.717) is 36.7 Å². The fourth-order valence-corrected chi connectivity index (χ4v) is 2.48. The third kappa shape index (κ3) is 5.58. The van der Waals surface area contributed by atoms with Gasteiger partial charge in [0.15, 0.2) is 17.3 Å². The molecule has 0 aliphatic carbocycles. The number of benzene rings is 1. The third-order valence-electron chi connectivity index (χ3n) is 3.82. The van der Waals surface area contributed by atoms with Gasteiger partial charge < -0.3 is 14.8 Å². The summed E-state index contributed by atoms with van der Waals surface area (Å²) >= 11 is 0. The Labute approximate surface area is 137 Å². The predicted molar refractivity (Wildman–Crippen MR) is 88.1 cm³/mol. The molecule has 23 heavy (non-hydrogen) atoms. The van der Waals surface area contributed by atoms with Crippen molar-refractivity contribution < 1.29 is 19.1 Å². The topological polar surface area (TPSA) is 64.6 Å². The van der Waals surface area contributed by atoms with E-state index in [1.165, 1.54) is 19.3 Å². The molecule has 0 spiro atoms. The highest BCUT2D eigenvalue weighted by Crippen LogP contribution is 2.30. The van der Waals surface area contributed by atoms with Crippen molar-refractivity contribution in [1.82, 2.24) is 5.32 Å². The van der Waals surface area contributed by atoms with E-state index in [1.807, 2.05) is 0 Å². The van der Waals surface area contributed by atoms with Crippen molar-refractivity contribution >= 4 is 11.7 Å². The molecular weight excluding hydrogens is 294 g/mol. The summed E-state index contributed by atoms with van der Waals surface area (Å²) < 4.78 is 10.9. The van der Waals surface area contributed by atoms with Crippen LogP contribution in [0, 0.1) is 0 Å². The first-order valence-corrected chi connectivity index (χ1v) is 8.40. The fraction of sp³-hybridized carbons (Fsp3) is 0.556. The lowest BCUT2D eigenvalue weighted by Gasteiger charge is -2.18. The molecule has 2 rings (SSSR count). The standard InChI is InChI=1S/C18H25NO4/c1-2-3-4-5-6-7-18(21)19-13-15(20)14-8-9-16-17(12-14)23-11-10-22-16/h8-9,12H,2-7,10-11,13H2,1H3,(H,19,21). The summed E-state index contributed by atoms with van der Waals surface area (Å²) in [7, 11) is 0. The van der Waals surface area contributed by atoms with Gasteiger partial charge in [-0.2, -0.15) is 0 Å². The highest BCUT2D eigenvalue weighted by molar-refractivity contribution is 5.99. The number of carbonyl (C=O) groups excluding carboxylic acids is 2. The smallest absolute Gasteiger partial charge is 0.220 e. The van der Waals surface area contributed by atoms with Gasteiger partial charge in [0.25, 0.3) is 0 Å². The van der Waals surface area contributed by atoms with Crippen LogP contribution in [0.2, 0.25) is 0 Å². The van der Waals surface area contributed by atoms with Gasteiger partial charge in [-0.25, -0.2) is 0 Å². The Morgan fingerprint density at radius 1 is 1.04 bits per heavy atom. The number of ether oxygens (including phenoxy) is 2. The van der Waals surface area contributed by atoms with Gasteiger partial charge in [0.2, 0.25) is 5.91 Å². The highest BCUT2D eigenvalue weighted by Gasteiger charge is 2.15. The SMILES string of the molecule is CCCCCCCC(=O)NCC(=O)c1ccc2c(c1)OCCO2. The van der Waals surface area contributed by atoms with Gasteiger partial charge in [0.05, 0.1) is 6.54 Å². The molecule has 0 unspecified atom stereocenters. The second kappa shape index (κ2) is 9.18. The predicted octanol–water partition coefficient (Wildman–Crippen LogP) is 3.12. The molecule has 0 aromatic heterocycles. The maximum atomic E-state index is 12.1. The molecule has 5 heteroatoms. The summed E-state index contributed by atoms with van der Waals surface area (Å²) in [6.07, 6.45) is 6.00. The van der Waals surface area contributed by atoms with E-state index in [4.69, 9.17) is 9.47 Å². The first-order valence-electron chi connectivity index (χ1n) is 8.40. The Morgan fingerprint density at radius 3 is 2.57 bits per heavy atom. The second-order valence-corrected chi connectivity index (χ2v) is 5.72. The van der Waals surface area contributed by atoms with Crippen LogP contribution in [0.5, 0.6) is 11.5 Å². The molecule has 1 aromatic rings.